The largest absolute Gasteiger partial charge is 0.497 e. The average molecular weight is 357 g/mol. The summed E-state index contributed by atoms with van der Waals surface area (Å²) in [5.74, 6) is 1.14. The predicted octanol–water partition coefficient (Wildman–Crippen LogP) is 4.41. The summed E-state index contributed by atoms with van der Waals surface area (Å²) in [5.41, 5.74) is 5.29. The Balaban J connectivity index is 1.72. The normalized spacial score (nSPS) is 10.8. The Hall–Kier alpha value is -2.93. The van der Waals surface area contributed by atoms with E-state index in [1.165, 1.54) is 23.5 Å². The van der Waals surface area contributed by atoms with Crippen molar-refractivity contribution in [3.63, 3.8) is 0 Å². The summed E-state index contributed by atoms with van der Waals surface area (Å²) in [6.07, 6.45) is 1.64. The second kappa shape index (κ2) is 7.76. The summed E-state index contributed by atoms with van der Waals surface area (Å²) in [5, 5.41) is 6.72. The summed E-state index contributed by atoms with van der Waals surface area (Å²) >= 11 is 1.42. The molecule has 7 heteroatoms. The van der Waals surface area contributed by atoms with Gasteiger partial charge in [-0.1, -0.05) is 0 Å². The highest BCUT2D eigenvalue weighted by atomic mass is 32.1. The van der Waals surface area contributed by atoms with Crippen LogP contribution in [-0.4, -0.2) is 25.4 Å². The topological polar surface area (TPSA) is 55.7 Å². The molecule has 0 aliphatic heterocycles. The fraction of sp³-hybridized carbons (Fsp3) is 0.111. The fourth-order valence-corrected chi connectivity index (χ4v) is 2.84. The highest BCUT2D eigenvalue weighted by Crippen LogP contribution is 2.25. The van der Waals surface area contributed by atoms with Gasteiger partial charge in [0.05, 0.1) is 26.1 Å². The zero-order chi connectivity index (χ0) is 17.6. The zero-order valence-electron chi connectivity index (χ0n) is 13.7. The van der Waals surface area contributed by atoms with Crippen LogP contribution in [0.3, 0.4) is 0 Å². The van der Waals surface area contributed by atoms with Gasteiger partial charge in [-0.25, -0.2) is 9.37 Å². The van der Waals surface area contributed by atoms with Gasteiger partial charge in [0.15, 0.2) is 0 Å². The maximum Gasteiger partial charge on any atom is 0.203 e. The van der Waals surface area contributed by atoms with Crippen molar-refractivity contribution < 1.29 is 13.9 Å². The number of methoxy groups -OCH3 is 2. The van der Waals surface area contributed by atoms with Crippen LogP contribution in [-0.2, 0) is 0 Å². The molecule has 25 heavy (non-hydrogen) atoms. The second-order valence-corrected chi connectivity index (χ2v) is 5.88. The number of hydrogen-bond acceptors (Lipinski definition) is 6. The highest BCUT2D eigenvalue weighted by molar-refractivity contribution is 7.14. The van der Waals surface area contributed by atoms with Gasteiger partial charge in [0.2, 0.25) is 5.13 Å². The first kappa shape index (κ1) is 16.9. The Bertz CT molecular complexity index is 878. The van der Waals surface area contributed by atoms with E-state index in [9.17, 15) is 4.39 Å². The molecule has 1 N–H and O–H groups in total. The van der Waals surface area contributed by atoms with E-state index >= 15 is 0 Å². The Morgan fingerprint density at radius 2 is 1.92 bits per heavy atom. The lowest BCUT2D eigenvalue weighted by Gasteiger charge is -2.06. The monoisotopic (exact) mass is 357 g/mol. The molecule has 1 heterocycles. The lowest BCUT2D eigenvalue weighted by atomic mass is 10.2. The van der Waals surface area contributed by atoms with Crippen LogP contribution in [0.15, 0.2) is 52.9 Å². The van der Waals surface area contributed by atoms with Gasteiger partial charge in [-0.3, -0.25) is 5.43 Å². The number of hydrazone groups is 1. The molecule has 0 radical (unpaired) electrons. The third-order valence-corrected chi connectivity index (χ3v) is 4.19. The molecule has 1 aromatic heterocycles. The molecule has 0 atom stereocenters. The van der Waals surface area contributed by atoms with Crippen LogP contribution in [0.5, 0.6) is 11.5 Å². The van der Waals surface area contributed by atoms with Crippen molar-refractivity contribution in [2.45, 2.75) is 0 Å². The molecule has 2 aromatic carbocycles. The summed E-state index contributed by atoms with van der Waals surface area (Å²) in [6.45, 7) is 0. The van der Waals surface area contributed by atoms with Gasteiger partial charge >= 0.3 is 0 Å². The van der Waals surface area contributed by atoms with Crippen LogP contribution in [0.4, 0.5) is 9.52 Å². The third-order valence-electron chi connectivity index (χ3n) is 3.44. The number of hydrogen-bond donors (Lipinski definition) is 1. The number of benzene rings is 2. The molecular formula is C18H16FN3O2S. The molecular weight excluding hydrogens is 341 g/mol. The predicted molar refractivity (Wildman–Crippen MR) is 98.3 cm³/mol. The molecule has 0 unspecified atom stereocenters. The van der Waals surface area contributed by atoms with Crippen molar-refractivity contribution in [1.29, 1.82) is 0 Å². The van der Waals surface area contributed by atoms with Gasteiger partial charge in [0.1, 0.15) is 17.3 Å². The van der Waals surface area contributed by atoms with Crippen LogP contribution < -0.4 is 14.9 Å². The Labute approximate surface area is 148 Å². The number of anilines is 1. The van der Waals surface area contributed by atoms with E-state index in [0.717, 1.165) is 22.6 Å². The smallest absolute Gasteiger partial charge is 0.203 e. The summed E-state index contributed by atoms with van der Waals surface area (Å²) in [4.78, 5) is 4.43. The van der Waals surface area contributed by atoms with E-state index in [4.69, 9.17) is 9.47 Å². The van der Waals surface area contributed by atoms with E-state index in [-0.39, 0.29) is 5.82 Å². The number of halogens is 1. The minimum atomic E-state index is -0.269. The summed E-state index contributed by atoms with van der Waals surface area (Å²) in [7, 11) is 3.20. The number of thiazole rings is 1. The van der Waals surface area contributed by atoms with Gasteiger partial charge < -0.3 is 9.47 Å². The van der Waals surface area contributed by atoms with Crippen LogP contribution in [0, 0.1) is 5.82 Å². The molecule has 0 amide bonds. The molecule has 0 aliphatic rings. The number of ether oxygens (including phenoxy) is 2. The number of nitrogens with zero attached hydrogens (tertiary/aromatic N) is 2. The van der Waals surface area contributed by atoms with E-state index in [0.29, 0.717) is 10.9 Å². The van der Waals surface area contributed by atoms with Crippen molar-refractivity contribution in [3.05, 3.63) is 59.2 Å². The molecule has 0 spiro atoms. The number of nitrogens with one attached hydrogen (secondary N) is 1. The van der Waals surface area contributed by atoms with Crippen molar-refractivity contribution in [1.82, 2.24) is 4.98 Å². The molecule has 0 saturated heterocycles. The van der Waals surface area contributed by atoms with Crippen LogP contribution >= 0.6 is 11.3 Å². The van der Waals surface area contributed by atoms with Crippen molar-refractivity contribution in [2.24, 2.45) is 5.10 Å². The SMILES string of the molecule is COc1ccc(OC)c(/C=N/Nc2nc(-c3ccc(F)cc3)cs2)c1. The maximum absolute atomic E-state index is 13.0. The van der Waals surface area contributed by atoms with E-state index < -0.39 is 0 Å². The van der Waals surface area contributed by atoms with Crippen LogP contribution in [0.25, 0.3) is 11.3 Å². The molecule has 0 saturated carbocycles. The van der Waals surface area contributed by atoms with Crippen molar-refractivity contribution in [2.75, 3.05) is 19.6 Å². The molecule has 3 rings (SSSR count). The first-order valence-corrected chi connectivity index (χ1v) is 8.30. The van der Waals surface area contributed by atoms with Gasteiger partial charge in [-0.15, -0.1) is 11.3 Å². The van der Waals surface area contributed by atoms with Gasteiger partial charge in [-0.2, -0.15) is 5.10 Å². The summed E-state index contributed by atoms with van der Waals surface area (Å²) in [6, 6.07) is 11.7. The van der Waals surface area contributed by atoms with E-state index in [1.54, 1.807) is 32.6 Å². The highest BCUT2D eigenvalue weighted by Gasteiger charge is 2.05. The first-order valence-electron chi connectivity index (χ1n) is 7.42. The summed E-state index contributed by atoms with van der Waals surface area (Å²) < 4.78 is 23.5. The lowest BCUT2D eigenvalue weighted by molar-refractivity contribution is 0.402. The van der Waals surface area contributed by atoms with E-state index in [2.05, 4.69) is 15.5 Å². The van der Waals surface area contributed by atoms with Gasteiger partial charge in [0, 0.05) is 16.5 Å². The molecule has 0 aliphatic carbocycles. The Morgan fingerprint density at radius 3 is 2.64 bits per heavy atom. The average Bonchev–Trinajstić information content (AvgIpc) is 3.11. The van der Waals surface area contributed by atoms with Crippen molar-refractivity contribution >= 4 is 22.7 Å². The molecule has 128 valence electrons. The van der Waals surface area contributed by atoms with Crippen LogP contribution in [0.2, 0.25) is 0 Å². The minimum Gasteiger partial charge on any atom is -0.497 e. The lowest BCUT2D eigenvalue weighted by Crippen LogP contribution is -1.95. The Kier molecular flexibility index (Phi) is 5.25. The molecule has 5 nitrogen and oxygen atoms in total. The standard InChI is InChI=1S/C18H16FN3O2S/c1-23-15-7-8-17(24-2)13(9-15)10-20-22-18-21-16(11-25-18)12-3-5-14(19)6-4-12/h3-11H,1-2H3,(H,21,22)/b20-10+. The zero-order valence-corrected chi connectivity index (χ0v) is 14.5. The molecule has 0 bridgehead atoms. The van der Waals surface area contributed by atoms with Gasteiger partial charge in [0.25, 0.3) is 0 Å². The third kappa shape index (κ3) is 4.13. The molecule has 0 fully saturated rings. The van der Waals surface area contributed by atoms with Gasteiger partial charge in [-0.05, 0) is 42.5 Å². The number of aromatic nitrogens is 1. The first-order chi connectivity index (χ1) is 12.2. The van der Waals surface area contributed by atoms with Crippen molar-refractivity contribution in [3.8, 4) is 22.8 Å². The Morgan fingerprint density at radius 1 is 1.12 bits per heavy atom. The van der Waals surface area contributed by atoms with Crippen LogP contribution in [0.1, 0.15) is 5.56 Å². The maximum atomic E-state index is 13.0. The van der Waals surface area contributed by atoms with E-state index in [1.807, 2.05) is 23.6 Å². The minimum absolute atomic E-state index is 0.269. The second-order valence-electron chi connectivity index (χ2n) is 5.02. The number of rotatable bonds is 6. The fourth-order valence-electron chi connectivity index (χ4n) is 2.18. The molecule has 3 aromatic rings. The quantitative estimate of drug-likeness (QED) is 0.524.